The summed E-state index contributed by atoms with van der Waals surface area (Å²) >= 11 is 0. The Labute approximate surface area is 94.7 Å². The molecule has 0 aliphatic carbocycles. The highest BCUT2D eigenvalue weighted by Crippen LogP contribution is 2.20. The number of para-hydroxylation sites is 1. The number of aliphatic hydroxyl groups is 1. The smallest absolute Gasteiger partial charge is 0.119 e. The fourth-order valence-electron chi connectivity index (χ4n) is 1.79. The molecule has 2 aromatic rings. The van der Waals surface area contributed by atoms with E-state index in [1.165, 1.54) is 0 Å². The molecule has 0 saturated carbocycles. The third-order valence-corrected chi connectivity index (χ3v) is 2.61. The molecule has 1 N–H and O–H groups in total. The third kappa shape index (κ3) is 2.05. The first kappa shape index (κ1) is 11.0. The van der Waals surface area contributed by atoms with Gasteiger partial charge in [0.25, 0.3) is 0 Å². The molecule has 0 amide bonds. The highest BCUT2D eigenvalue weighted by Gasteiger charge is 2.10. The van der Waals surface area contributed by atoms with Gasteiger partial charge in [-0.15, -0.1) is 0 Å². The molecule has 1 aromatic heterocycles. The van der Waals surface area contributed by atoms with E-state index in [9.17, 15) is 5.11 Å². The van der Waals surface area contributed by atoms with Crippen molar-refractivity contribution in [1.82, 2.24) is 4.98 Å². The largest absolute Gasteiger partial charge is 0.384 e. The fourth-order valence-corrected chi connectivity index (χ4v) is 1.79. The van der Waals surface area contributed by atoms with Crippen molar-refractivity contribution in [3.8, 4) is 0 Å². The van der Waals surface area contributed by atoms with Crippen molar-refractivity contribution in [2.75, 3.05) is 13.7 Å². The van der Waals surface area contributed by atoms with Gasteiger partial charge in [0.2, 0.25) is 0 Å². The van der Waals surface area contributed by atoms with Crippen LogP contribution in [-0.2, 0) is 4.74 Å². The monoisotopic (exact) mass is 217 g/mol. The Morgan fingerprint density at radius 1 is 1.38 bits per heavy atom. The van der Waals surface area contributed by atoms with E-state index in [0.29, 0.717) is 5.69 Å². The first-order valence-electron chi connectivity index (χ1n) is 5.25. The van der Waals surface area contributed by atoms with Gasteiger partial charge in [-0.05, 0) is 24.6 Å². The SMILES string of the molecule is COCC(O)c1cc(C)c2ccccc2n1. The van der Waals surface area contributed by atoms with Crippen LogP contribution in [0.25, 0.3) is 10.9 Å². The lowest BCUT2D eigenvalue weighted by atomic mass is 10.1. The van der Waals surface area contributed by atoms with E-state index in [1.807, 2.05) is 37.3 Å². The zero-order valence-electron chi connectivity index (χ0n) is 9.47. The van der Waals surface area contributed by atoms with E-state index < -0.39 is 6.10 Å². The maximum absolute atomic E-state index is 9.82. The van der Waals surface area contributed by atoms with Crippen LogP contribution in [0.5, 0.6) is 0 Å². The number of fused-ring (bicyclic) bond motifs is 1. The number of ether oxygens (including phenoxy) is 1. The number of hydrogen-bond acceptors (Lipinski definition) is 3. The fraction of sp³-hybridized carbons (Fsp3) is 0.308. The number of benzene rings is 1. The summed E-state index contributed by atoms with van der Waals surface area (Å²) in [6.07, 6.45) is -0.659. The maximum Gasteiger partial charge on any atom is 0.119 e. The predicted octanol–water partition coefficient (Wildman–Crippen LogP) is 2.22. The van der Waals surface area contributed by atoms with Gasteiger partial charge < -0.3 is 9.84 Å². The van der Waals surface area contributed by atoms with E-state index in [2.05, 4.69) is 4.98 Å². The van der Waals surface area contributed by atoms with Gasteiger partial charge in [-0.3, -0.25) is 0 Å². The molecule has 2 rings (SSSR count). The highest BCUT2D eigenvalue weighted by atomic mass is 16.5. The molecule has 1 heterocycles. The first-order valence-corrected chi connectivity index (χ1v) is 5.25. The van der Waals surface area contributed by atoms with E-state index in [1.54, 1.807) is 7.11 Å². The van der Waals surface area contributed by atoms with E-state index in [4.69, 9.17) is 4.74 Å². The lowest BCUT2D eigenvalue weighted by molar-refractivity contribution is 0.0619. The van der Waals surface area contributed by atoms with Crippen molar-refractivity contribution in [3.63, 3.8) is 0 Å². The van der Waals surface area contributed by atoms with Crippen molar-refractivity contribution in [2.45, 2.75) is 13.0 Å². The molecular weight excluding hydrogens is 202 g/mol. The zero-order valence-corrected chi connectivity index (χ0v) is 9.47. The summed E-state index contributed by atoms with van der Waals surface area (Å²) in [6.45, 7) is 2.29. The highest BCUT2D eigenvalue weighted by molar-refractivity contribution is 5.82. The molecule has 3 nitrogen and oxygen atoms in total. The van der Waals surface area contributed by atoms with E-state index in [0.717, 1.165) is 16.5 Å². The number of pyridine rings is 1. The summed E-state index contributed by atoms with van der Waals surface area (Å²) in [4.78, 5) is 4.42. The van der Waals surface area contributed by atoms with Crippen molar-refractivity contribution in [2.24, 2.45) is 0 Å². The maximum atomic E-state index is 9.82. The van der Waals surface area contributed by atoms with Crippen LogP contribution in [0, 0.1) is 6.92 Å². The van der Waals surface area contributed by atoms with Crippen molar-refractivity contribution in [3.05, 3.63) is 41.6 Å². The minimum atomic E-state index is -0.659. The average molecular weight is 217 g/mol. The van der Waals surface area contributed by atoms with Gasteiger partial charge in [-0.25, -0.2) is 4.98 Å². The Bertz CT molecular complexity index is 496. The second-order valence-corrected chi connectivity index (χ2v) is 3.85. The number of rotatable bonds is 3. The molecule has 0 radical (unpaired) electrons. The quantitative estimate of drug-likeness (QED) is 0.857. The number of aromatic nitrogens is 1. The van der Waals surface area contributed by atoms with E-state index in [-0.39, 0.29) is 6.61 Å². The van der Waals surface area contributed by atoms with Crippen LogP contribution in [0.1, 0.15) is 17.4 Å². The molecular formula is C13H15NO2. The molecule has 3 heteroatoms. The minimum absolute atomic E-state index is 0.269. The molecule has 84 valence electrons. The number of nitrogens with zero attached hydrogens (tertiary/aromatic N) is 1. The molecule has 0 aliphatic rings. The van der Waals surface area contributed by atoms with Gasteiger partial charge in [-0.1, -0.05) is 18.2 Å². The Hall–Kier alpha value is -1.45. The molecule has 1 aromatic carbocycles. The number of aryl methyl sites for hydroxylation is 1. The van der Waals surface area contributed by atoms with Gasteiger partial charge in [0.1, 0.15) is 6.10 Å². The van der Waals surface area contributed by atoms with Crippen LogP contribution in [0.15, 0.2) is 30.3 Å². The Morgan fingerprint density at radius 2 is 2.12 bits per heavy atom. The van der Waals surface area contributed by atoms with Crippen LogP contribution >= 0.6 is 0 Å². The number of aliphatic hydroxyl groups excluding tert-OH is 1. The third-order valence-electron chi connectivity index (χ3n) is 2.61. The lowest BCUT2D eigenvalue weighted by Crippen LogP contribution is -2.07. The van der Waals surface area contributed by atoms with Crippen LogP contribution in [0.4, 0.5) is 0 Å². The molecule has 0 fully saturated rings. The van der Waals surface area contributed by atoms with Gasteiger partial charge in [0.05, 0.1) is 17.8 Å². The van der Waals surface area contributed by atoms with Gasteiger partial charge in [0.15, 0.2) is 0 Å². The minimum Gasteiger partial charge on any atom is -0.384 e. The molecule has 1 atom stereocenters. The van der Waals surface area contributed by atoms with Crippen LogP contribution in [0.2, 0.25) is 0 Å². The van der Waals surface area contributed by atoms with Gasteiger partial charge >= 0.3 is 0 Å². The number of methoxy groups -OCH3 is 1. The Kier molecular flexibility index (Phi) is 3.17. The Morgan fingerprint density at radius 3 is 2.88 bits per heavy atom. The predicted molar refractivity (Wildman–Crippen MR) is 63.3 cm³/mol. The van der Waals surface area contributed by atoms with Crippen molar-refractivity contribution < 1.29 is 9.84 Å². The molecule has 0 saturated heterocycles. The summed E-state index contributed by atoms with van der Waals surface area (Å²) in [5, 5.41) is 10.9. The Balaban J connectivity index is 2.49. The van der Waals surface area contributed by atoms with E-state index >= 15 is 0 Å². The van der Waals surface area contributed by atoms with Crippen molar-refractivity contribution >= 4 is 10.9 Å². The first-order chi connectivity index (χ1) is 7.72. The summed E-state index contributed by atoms with van der Waals surface area (Å²) in [7, 11) is 1.57. The molecule has 0 bridgehead atoms. The van der Waals surface area contributed by atoms with Gasteiger partial charge in [-0.2, -0.15) is 0 Å². The van der Waals surface area contributed by atoms with Crippen LogP contribution in [0.3, 0.4) is 0 Å². The average Bonchev–Trinajstić information content (AvgIpc) is 2.29. The standard InChI is InChI=1S/C13H15NO2/c1-9-7-12(13(15)8-16-2)14-11-6-4-3-5-10(9)11/h3-7,13,15H,8H2,1-2H3. The zero-order chi connectivity index (χ0) is 11.5. The second kappa shape index (κ2) is 4.60. The molecule has 0 spiro atoms. The topological polar surface area (TPSA) is 42.4 Å². The summed E-state index contributed by atoms with van der Waals surface area (Å²) in [6, 6.07) is 9.82. The summed E-state index contributed by atoms with van der Waals surface area (Å²) in [5.41, 5.74) is 2.70. The molecule has 0 aliphatic heterocycles. The second-order valence-electron chi connectivity index (χ2n) is 3.85. The molecule has 16 heavy (non-hydrogen) atoms. The summed E-state index contributed by atoms with van der Waals surface area (Å²) < 4.78 is 4.92. The normalized spacial score (nSPS) is 12.9. The van der Waals surface area contributed by atoms with Crippen LogP contribution < -0.4 is 0 Å². The number of hydrogen-bond donors (Lipinski definition) is 1. The van der Waals surface area contributed by atoms with Gasteiger partial charge in [0, 0.05) is 12.5 Å². The summed E-state index contributed by atoms with van der Waals surface area (Å²) in [5.74, 6) is 0. The molecule has 1 unspecified atom stereocenters. The van der Waals surface area contributed by atoms with Crippen molar-refractivity contribution in [1.29, 1.82) is 0 Å². The van der Waals surface area contributed by atoms with Crippen LogP contribution in [-0.4, -0.2) is 23.8 Å². The lowest BCUT2D eigenvalue weighted by Gasteiger charge is -2.11.